The fourth-order valence-electron chi connectivity index (χ4n) is 11.5. The fraction of sp³-hybridized carbons (Fsp3) is 0.973. The molecule has 4 aliphatic carbocycles. The van der Waals surface area contributed by atoms with Crippen molar-refractivity contribution in [3.05, 3.63) is 0 Å². The van der Waals surface area contributed by atoms with Crippen LogP contribution in [0.2, 0.25) is 19.6 Å². The average Bonchev–Trinajstić information content (AvgIpc) is 3.42. The Morgan fingerprint density at radius 2 is 1.13 bits per heavy atom. The van der Waals surface area contributed by atoms with Crippen LogP contribution in [0.25, 0.3) is 0 Å². The largest absolute Gasteiger partial charge is 1.00 e. The molecule has 4 saturated carbocycles. The first-order valence-corrected chi connectivity index (χ1v) is 25.6. The second kappa shape index (κ2) is 16.4. The van der Waals surface area contributed by atoms with E-state index in [0.29, 0.717) is 24.7 Å². The maximum Gasteiger partial charge on any atom is 1.00 e. The summed E-state index contributed by atoms with van der Waals surface area (Å²) in [6.45, 7) is 30.2. The molecule has 4 rings (SSSR count). The van der Waals surface area contributed by atoms with E-state index in [1.54, 1.807) is 8.61 Å². The second-order valence-electron chi connectivity index (χ2n) is 19.4. The Kier molecular flexibility index (Phi) is 16.0. The van der Waals surface area contributed by atoms with Gasteiger partial charge in [0, 0.05) is 41.5 Å². The normalized spacial score (nSPS) is 33.4. The van der Waals surface area contributed by atoms with Crippen molar-refractivity contribution in [2.75, 3.05) is 18.1 Å². The van der Waals surface area contributed by atoms with Gasteiger partial charge in [-0.2, -0.15) is 13.9 Å². The average molecular weight is 799 g/mol. The summed E-state index contributed by atoms with van der Waals surface area (Å²) >= 11 is 0. The summed E-state index contributed by atoms with van der Waals surface area (Å²) in [6, 6.07) is 2.11. The van der Waals surface area contributed by atoms with Crippen LogP contribution < -0.4 is 24.6 Å². The molecule has 6 unspecified atom stereocenters. The molecule has 4 bridgehead atoms. The number of hydrogen-bond acceptors (Lipinski definition) is 8. The van der Waals surface area contributed by atoms with Gasteiger partial charge in [0.1, 0.15) is 0 Å². The van der Waals surface area contributed by atoms with Gasteiger partial charge in [-0.3, -0.25) is 0 Å². The van der Waals surface area contributed by atoms with E-state index in [0.717, 1.165) is 25.7 Å². The third kappa shape index (κ3) is 8.26. The zero-order chi connectivity index (χ0) is 38.9. The van der Waals surface area contributed by atoms with Crippen molar-refractivity contribution < 1.29 is 46.7 Å². The Labute approximate surface area is 344 Å². The molecule has 15 heteroatoms. The second-order valence-corrected chi connectivity index (χ2v) is 27.6. The van der Waals surface area contributed by atoms with Crippen LogP contribution in [0.15, 0.2) is 0 Å². The molecule has 300 valence electrons. The number of fused-ring (bicyclic) bond motifs is 4. The summed E-state index contributed by atoms with van der Waals surface area (Å²) in [5.41, 5.74) is 2.06. The van der Waals surface area contributed by atoms with Crippen LogP contribution in [0.4, 0.5) is 0 Å². The molecule has 0 saturated heterocycles. The SMILES string of the molecule is CC(C)N(C(C)C)S(=O)(=O)CC12CCC(CC1(C#N)O[Si](C)(C)C)C2(C)C.CC(C)N(C(C)C)S(=O)(=O)CC12CCC(CC1(O)CN)C2(C)C.[AlH3].[H-].[Li+]. The zero-order valence-corrected chi connectivity index (χ0v) is 37.7. The number of nitrogens with zero attached hydrogens (tertiary/aromatic N) is 3. The van der Waals surface area contributed by atoms with E-state index in [2.05, 4.69) is 53.4 Å². The van der Waals surface area contributed by atoms with Crippen LogP contribution in [-0.4, -0.2) is 110 Å². The van der Waals surface area contributed by atoms with Crippen LogP contribution in [-0.2, 0) is 24.5 Å². The number of aliphatic hydroxyl groups is 1. The van der Waals surface area contributed by atoms with Crippen molar-refractivity contribution in [3.8, 4) is 6.07 Å². The molecule has 0 aromatic heterocycles. The third-order valence-corrected chi connectivity index (χ3v) is 19.3. The predicted octanol–water partition coefficient (Wildman–Crippen LogP) is 2.26. The molecule has 4 aliphatic rings. The van der Waals surface area contributed by atoms with Crippen molar-refractivity contribution in [2.24, 2.45) is 39.2 Å². The molecule has 0 spiro atoms. The summed E-state index contributed by atoms with van der Waals surface area (Å²) in [4.78, 5) is 0. The summed E-state index contributed by atoms with van der Waals surface area (Å²) in [6.07, 6.45) is 4.71. The molecular formula is C37H76AlLiN4O6S2Si. The van der Waals surface area contributed by atoms with Gasteiger partial charge in [0.25, 0.3) is 0 Å². The molecule has 0 aromatic rings. The summed E-state index contributed by atoms with van der Waals surface area (Å²) < 4.78 is 63.3. The molecule has 52 heavy (non-hydrogen) atoms. The first-order valence-electron chi connectivity index (χ1n) is 19.0. The van der Waals surface area contributed by atoms with E-state index in [1.807, 2.05) is 55.4 Å². The van der Waals surface area contributed by atoms with E-state index in [9.17, 15) is 27.2 Å². The van der Waals surface area contributed by atoms with E-state index in [1.165, 1.54) is 0 Å². The Bertz CT molecular complexity index is 1510. The first kappa shape index (κ1) is 50.6. The van der Waals surface area contributed by atoms with E-state index >= 15 is 0 Å². The minimum Gasteiger partial charge on any atom is -1.00 e. The Balaban J connectivity index is 0.000000976. The maximum atomic E-state index is 13.6. The molecule has 0 radical (unpaired) electrons. The monoisotopic (exact) mass is 798 g/mol. The Morgan fingerprint density at radius 1 is 0.788 bits per heavy atom. The van der Waals surface area contributed by atoms with Gasteiger partial charge < -0.3 is 16.7 Å². The van der Waals surface area contributed by atoms with Crippen LogP contribution in [0.3, 0.4) is 0 Å². The summed E-state index contributed by atoms with van der Waals surface area (Å²) in [5, 5.41) is 21.5. The number of nitrogens with two attached hydrogens (primary N) is 1. The molecule has 3 N–H and O–H groups in total. The van der Waals surface area contributed by atoms with Crippen LogP contribution in [0.1, 0.15) is 123 Å². The minimum absolute atomic E-state index is 0. The van der Waals surface area contributed by atoms with Gasteiger partial charge >= 0.3 is 18.9 Å². The quantitative estimate of drug-likeness (QED) is 0.269. The van der Waals surface area contributed by atoms with E-state index < -0.39 is 50.4 Å². The Morgan fingerprint density at radius 3 is 1.44 bits per heavy atom. The van der Waals surface area contributed by atoms with Gasteiger partial charge in [0.2, 0.25) is 20.0 Å². The minimum atomic E-state index is -3.54. The number of sulfonamides is 2. The van der Waals surface area contributed by atoms with Crippen molar-refractivity contribution in [2.45, 2.75) is 177 Å². The van der Waals surface area contributed by atoms with Gasteiger partial charge in [-0.15, -0.1) is 0 Å². The number of rotatable bonds is 13. The standard InChI is InChI=1S/C20H38N2O3SSi.C17H34N2O3S.Al.Li.4H/c1-15(2)22(16(3)4)26(23,24)14-19-11-10-17(18(19,5)6)12-20(19,13-21)25-27(7,8)9;1-12(2)19(13(3)4)23(21,22)11-16-8-7-14(15(16,5)6)9-17(16,20)10-18;;;;;;/h15-17H,10-12,14H2,1-9H3;12-14,20H,7-11,18H2,1-6H3;;;;;;/q;;;+1;;;;-1. The van der Waals surface area contributed by atoms with Gasteiger partial charge in [0.15, 0.2) is 31.3 Å². The molecule has 0 amide bonds. The predicted molar refractivity (Wildman–Crippen MR) is 217 cm³/mol. The number of nitriles is 1. The summed E-state index contributed by atoms with van der Waals surface area (Å²) in [5.74, 6) is 0.666. The van der Waals surface area contributed by atoms with Crippen molar-refractivity contribution >= 4 is 45.7 Å². The zero-order valence-electron chi connectivity index (χ0n) is 36.1. The molecule has 0 aliphatic heterocycles. The summed E-state index contributed by atoms with van der Waals surface area (Å²) in [7, 11) is -9.06. The first-order chi connectivity index (χ1) is 22.4. The van der Waals surface area contributed by atoms with Crippen LogP contribution in [0, 0.1) is 44.8 Å². The Hall–Kier alpha value is 0.537. The van der Waals surface area contributed by atoms with Crippen LogP contribution in [0.5, 0.6) is 0 Å². The molecule has 6 atom stereocenters. The van der Waals surface area contributed by atoms with Gasteiger partial charge in [-0.1, -0.05) is 27.7 Å². The van der Waals surface area contributed by atoms with Gasteiger partial charge in [-0.05, 0) is 136 Å². The molecule has 10 nitrogen and oxygen atoms in total. The van der Waals surface area contributed by atoms with E-state index in [4.69, 9.17) is 10.2 Å². The fourth-order valence-corrected chi connectivity index (χ4v) is 18.6. The van der Waals surface area contributed by atoms with Gasteiger partial charge in [0.05, 0.1) is 23.2 Å². The van der Waals surface area contributed by atoms with Crippen molar-refractivity contribution in [1.82, 2.24) is 8.61 Å². The third-order valence-electron chi connectivity index (χ3n) is 13.7. The molecule has 0 heterocycles. The van der Waals surface area contributed by atoms with E-state index in [-0.39, 0.29) is 90.7 Å². The molecule has 0 aromatic carbocycles. The van der Waals surface area contributed by atoms with Crippen molar-refractivity contribution in [3.63, 3.8) is 0 Å². The topological polar surface area (TPSA) is 154 Å². The molecule has 4 fully saturated rings. The van der Waals surface area contributed by atoms with Gasteiger partial charge in [-0.25, -0.2) is 16.8 Å². The van der Waals surface area contributed by atoms with Crippen molar-refractivity contribution in [1.29, 1.82) is 5.26 Å². The maximum absolute atomic E-state index is 13.6. The van der Waals surface area contributed by atoms with Crippen LogP contribution >= 0.6 is 0 Å². The smallest absolute Gasteiger partial charge is 1.00 e. The molecular weight excluding hydrogens is 723 g/mol. The number of hydrogen-bond donors (Lipinski definition) is 2.